The number of anilines is 1. The van der Waals surface area contributed by atoms with Crippen LogP contribution in [0.25, 0.3) is 0 Å². The van der Waals surface area contributed by atoms with Gasteiger partial charge in [0.2, 0.25) is 5.91 Å². The van der Waals surface area contributed by atoms with Crippen molar-refractivity contribution in [2.24, 2.45) is 5.73 Å². The zero-order valence-corrected chi connectivity index (χ0v) is 19.3. The lowest BCUT2D eigenvalue weighted by molar-refractivity contribution is -0.116. The van der Waals surface area contributed by atoms with Gasteiger partial charge in [-0.25, -0.2) is 0 Å². The van der Waals surface area contributed by atoms with E-state index in [0.717, 1.165) is 41.1 Å². The van der Waals surface area contributed by atoms with Crippen molar-refractivity contribution in [3.8, 4) is 0 Å². The third-order valence-corrected chi connectivity index (χ3v) is 7.24. The maximum Gasteiger partial charge on any atom is 0.251 e. The molecule has 1 aromatic heterocycles. The summed E-state index contributed by atoms with van der Waals surface area (Å²) in [5, 5.41) is 3.60. The fourth-order valence-corrected chi connectivity index (χ4v) is 5.67. The number of fused-ring (bicyclic) bond motifs is 1. The second-order valence-corrected chi connectivity index (χ2v) is 9.62. The normalized spacial score (nSPS) is 13.9. The number of nitrogens with two attached hydrogens (primary N) is 1. The third kappa shape index (κ3) is 4.76. The van der Waals surface area contributed by atoms with E-state index < -0.39 is 5.91 Å². The summed E-state index contributed by atoms with van der Waals surface area (Å²) in [6, 6.07) is 20.5. The van der Waals surface area contributed by atoms with Crippen LogP contribution in [0.5, 0.6) is 0 Å². The molecule has 32 heavy (non-hydrogen) atoms. The van der Waals surface area contributed by atoms with E-state index in [9.17, 15) is 9.59 Å². The minimum atomic E-state index is -0.474. The highest BCUT2D eigenvalue weighted by Crippen LogP contribution is 2.38. The molecule has 2 aromatic carbocycles. The highest BCUT2D eigenvalue weighted by molar-refractivity contribution is 7.17. The number of carbonyl (C=O) groups is 2. The molecule has 0 saturated carbocycles. The number of benzene rings is 2. The van der Waals surface area contributed by atoms with Crippen LogP contribution in [0.15, 0.2) is 60.7 Å². The minimum Gasteiger partial charge on any atom is -0.365 e. The maximum atomic E-state index is 13.2. The summed E-state index contributed by atoms with van der Waals surface area (Å²) in [4.78, 5) is 28.9. The second-order valence-electron chi connectivity index (χ2n) is 8.51. The van der Waals surface area contributed by atoms with Crippen molar-refractivity contribution in [2.45, 2.75) is 45.2 Å². The van der Waals surface area contributed by atoms with E-state index in [1.807, 2.05) is 60.7 Å². The second kappa shape index (κ2) is 9.67. The van der Waals surface area contributed by atoms with E-state index in [0.29, 0.717) is 16.6 Å². The molecule has 2 amide bonds. The quantitative estimate of drug-likeness (QED) is 0.548. The first-order valence-electron chi connectivity index (χ1n) is 11.0. The largest absolute Gasteiger partial charge is 0.365 e. The Hall–Kier alpha value is -2.96. The molecular weight excluding hydrogens is 418 g/mol. The van der Waals surface area contributed by atoms with Gasteiger partial charge < -0.3 is 11.1 Å². The Balaban J connectivity index is 1.59. The van der Waals surface area contributed by atoms with Gasteiger partial charge in [0.25, 0.3) is 5.91 Å². The lowest BCUT2D eigenvalue weighted by Crippen LogP contribution is -2.35. The Morgan fingerprint density at radius 1 is 1.03 bits per heavy atom. The molecule has 0 unspecified atom stereocenters. The van der Waals surface area contributed by atoms with Gasteiger partial charge in [-0.2, -0.15) is 0 Å². The molecule has 3 aromatic rings. The Morgan fingerprint density at radius 3 is 2.16 bits per heavy atom. The van der Waals surface area contributed by atoms with Gasteiger partial charge in [-0.15, -0.1) is 11.3 Å². The van der Waals surface area contributed by atoms with Crippen LogP contribution in [-0.4, -0.2) is 29.3 Å². The number of primary amides is 1. The molecule has 2 heterocycles. The summed E-state index contributed by atoms with van der Waals surface area (Å²) in [5.74, 6) is -0.663. The van der Waals surface area contributed by atoms with Crippen LogP contribution < -0.4 is 11.1 Å². The predicted molar refractivity (Wildman–Crippen MR) is 130 cm³/mol. The zero-order valence-electron chi connectivity index (χ0n) is 18.5. The number of hydrogen-bond acceptors (Lipinski definition) is 4. The van der Waals surface area contributed by atoms with Crippen LogP contribution in [0.2, 0.25) is 0 Å². The fraction of sp³-hybridized carbons (Fsp3) is 0.308. The van der Waals surface area contributed by atoms with Crippen molar-refractivity contribution in [3.05, 3.63) is 87.8 Å². The van der Waals surface area contributed by atoms with E-state index >= 15 is 0 Å². The van der Waals surface area contributed by atoms with E-state index in [1.54, 1.807) is 0 Å². The summed E-state index contributed by atoms with van der Waals surface area (Å²) in [7, 11) is 0. The smallest absolute Gasteiger partial charge is 0.251 e. The molecule has 1 aliphatic rings. The van der Waals surface area contributed by atoms with Crippen molar-refractivity contribution in [2.75, 3.05) is 11.9 Å². The first-order chi connectivity index (χ1) is 15.4. The average Bonchev–Trinajstić information content (AvgIpc) is 3.15. The molecule has 0 atom stereocenters. The van der Waals surface area contributed by atoms with Gasteiger partial charge in [-0.3, -0.25) is 14.5 Å². The van der Waals surface area contributed by atoms with Gasteiger partial charge in [0, 0.05) is 36.3 Å². The number of rotatable bonds is 7. The summed E-state index contributed by atoms with van der Waals surface area (Å²) in [6.45, 7) is 6.01. The molecule has 166 valence electrons. The molecule has 0 aliphatic carbocycles. The number of amides is 2. The first-order valence-corrected chi connectivity index (χ1v) is 11.8. The zero-order chi connectivity index (χ0) is 22.7. The van der Waals surface area contributed by atoms with Crippen molar-refractivity contribution in [1.82, 2.24) is 4.90 Å². The molecular formula is C26H29N3O2S. The number of thiophene rings is 1. The third-order valence-electron chi connectivity index (χ3n) is 6.11. The van der Waals surface area contributed by atoms with Gasteiger partial charge >= 0.3 is 0 Å². The molecule has 0 bridgehead atoms. The monoisotopic (exact) mass is 447 g/mol. The number of nitrogens with zero attached hydrogens (tertiary/aromatic N) is 1. The molecule has 3 N–H and O–H groups in total. The molecule has 0 spiro atoms. The van der Waals surface area contributed by atoms with Gasteiger partial charge in [-0.05, 0) is 37.0 Å². The first kappa shape index (κ1) is 22.2. The highest BCUT2D eigenvalue weighted by atomic mass is 32.1. The topological polar surface area (TPSA) is 75.4 Å². The summed E-state index contributed by atoms with van der Waals surface area (Å²) in [6.07, 6.45) is 1.06. The highest BCUT2D eigenvalue weighted by Gasteiger charge is 2.29. The van der Waals surface area contributed by atoms with Crippen molar-refractivity contribution >= 4 is 28.2 Å². The average molecular weight is 448 g/mol. The van der Waals surface area contributed by atoms with Crippen molar-refractivity contribution in [3.63, 3.8) is 0 Å². The molecule has 0 radical (unpaired) electrons. The Bertz CT molecular complexity index is 1050. The van der Waals surface area contributed by atoms with Gasteiger partial charge in [0.1, 0.15) is 5.00 Å². The van der Waals surface area contributed by atoms with E-state index in [2.05, 4.69) is 24.1 Å². The molecule has 4 rings (SSSR count). The van der Waals surface area contributed by atoms with Crippen LogP contribution in [0, 0.1) is 0 Å². The predicted octanol–water partition coefficient (Wildman–Crippen LogP) is 4.77. The summed E-state index contributed by atoms with van der Waals surface area (Å²) >= 11 is 1.48. The summed E-state index contributed by atoms with van der Waals surface area (Å²) < 4.78 is 0. The SMILES string of the molecule is CC(C)N1CCc2c(sc(NC(=O)CC(c3ccccc3)c3ccccc3)c2C(N)=O)C1. The van der Waals surface area contributed by atoms with E-state index in [4.69, 9.17) is 5.73 Å². The van der Waals surface area contributed by atoms with Crippen LogP contribution in [-0.2, 0) is 17.8 Å². The number of hydrogen-bond donors (Lipinski definition) is 2. The molecule has 1 aliphatic heterocycles. The molecule has 6 heteroatoms. The van der Waals surface area contributed by atoms with E-state index in [-0.39, 0.29) is 18.2 Å². The molecule has 0 saturated heterocycles. The Kier molecular flexibility index (Phi) is 6.72. The van der Waals surface area contributed by atoms with Crippen LogP contribution in [0.3, 0.4) is 0 Å². The number of carbonyl (C=O) groups excluding carboxylic acids is 2. The van der Waals surface area contributed by atoms with E-state index in [1.165, 1.54) is 11.3 Å². The Morgan fingerprint density at radius 2 is 1.62 bits per heavy atom. The van der Waals surface area contributed by atoms with Crippen LogP contribution >= 0.6 is 11.3 Å². The summed E-state index contributed by atoms with van der Waals surface area (Å²) in [5.41, 5.74) is 9.39. The van der Waals surface area contributed by atoms with Gasteiger partial charge in [-0.1, -0.05) is 60.7 Å². The fourth-order valence-electron chi connectivity index (χ4n) is 4.37. The van der Waals surface area contributed by atoms with Gasteiger partial charge in [0.15, 0.2) is 0 Å². The number of nitrogens with one attached hydrogen (secondary N) is 1. The molecule has 0 fully saturated rings. The van der Waals surface area contributed by atoms with Crippen molar-refractivity contribution < 1.29 is 9.59 Å². The van der Waals surface area contributed by atoms with Crippen LogP contribution in [0.4, 0.5) is 5.00 Å². The standard InChI is InChI=1S/C26H29N3O2S/c1-17(2)29-14-13-20-22(16-29)32-26(24(20)25(27)31)28-23(30)15-21(18-9-5-3-6-10-18)19-11-7-4-8-12-19/h3-12,17,21H,13-16H2,1-2H3,(H2,27,31)(H,28,30). The van der Waals surface area contributed by atoms with Crippen molar-refractivity contribution in [1.29, 1.82) is 0 Å². The van der Waals surface area contributed by atoms with Gasteiger partial charge in [0.05, 0.1) is 5.56 Å². The lowest BCUT2D eigenvalue weighted by atomic mass is 9.88. The minimum absolute atomic E-state index is 0.0690. The lowest BCUT2D eigenvalue weighted by Gasteiger charge is -2.30. The molecule has 5 nitrogen and oxygen atoms in total. The Labute approximate surface area is 193 Å². The maximum absolute atomic E-state index is 13.2. The van der Waals surface area contributed by atoms with Crippen LogP contribution in [0.1, 0.15) is 58.1 Å².